The monoisotopic (exact) mass is 380 g/mol. The smallest absolute Gasteiger partial charge is 0.255 e. The van der Waals surface area contributed by atoms with Gasteiger partial charge < -0.3 is 20.1 Å². The summed E-state index contributed by atoms with van der Waals surface area (Å²) in [5.74, 6) is 0.769. The molecule has 6 heteroatoms. The topological polar surface area (TPSA) is 59.6 Å². The van der Waals surface area contributed by atoms with Crippen LogP contribution in [0.5, 0.6) is 11.5 Å². The van der Waals surface area contributed by atoms with Gasteiger partial charge in [0.25, 0.3) is 5.91 Å². The molecule has 3 aromatic carbocycles. The molecule has 3 aromatic rings. The van der Waals surface area contributed by atoms with Gasteiger partial charge in [0, 0.05) is 23.5 Å². The van der Waals surface area contributed by atoms with Crippen molar-refractivity contribution in [2.75, 3.05) is 30.9 Å². The van der Waals surface area contributed by atoms with Gasteiger partial charge in [-0.25, -0.2) is 4.39 Å². The summed E-state index contributed by atoms with van der Waals surface area (Å²) in [6, 6.07) is 20.3. The van der Waals surface area contributed by atoms with E-state index >= 15 is 0 Å². The van der Waals surface area contributed by atoms with Gasteiger partial charge in [-0.2, -0.15) is 0 Å². The van der Waals surface area contributed by atoms with Crippen molar-refractivity contribution in [3.63, 3.8) is 0 Å². The third-order valence-electron chi connectivity index (χ3n) is 3.99. The Hall–Kier alpha value is -3.54. The average molecular weight is 380 g/mol. The number of anilines is 2. The van der Waals surface area contributed by atoms with Crippen LogP contribution >= 0.6 is 0 Å². The van der Waals surface area contributed by atoms with E-state index in [0.717, 1.165) is 17.2 Å². The lowest BCUT2D eigenvalue weighted by Gasteiger charge is -2.10. The Kier molecular flexibility index (Phi) is 6.46. The molecule has 0 spiro atoms. The molecular formula is C22H21FN2O3. The van der Waals surface area contributed by atoms with E-state index < -0.39 is 5.82 Å². The minimum Gasteiger partial charge on any atom is -0.497 e. The van der Waals surface area contributed by atoms with E-state index in [-0.39, 0.29) is 11.5 Å². The van der Waals surface area contributed by atoms with Gasteiger partial charge in [0.05, 0.1) is 7.11 Å². The zero-order valence-electron chi connectivity index (χ0n) is 15.4. The first-order valence-corrected chi connectivity index (χ1v) is 8.82. The summed E-state index contributed by atoms with van der Waals surface area (Å²) in [5.41, 5.74) is 1.81. The third kappa shape index (κ3) is 5.48. The lowest BCUT2D eigenvalue weighted by atomic mass is 10.2. The second kappa shape index (κ2) is 9.41. The molecule has 0 aromatic heterocycles. The number of hydrogen-bond donors (Lipinski definition) is 2. The number of ether oxygens (including phenoxy) is 2. The third-order valence-corrected chi connectivity index (χ3v) is 3.99. The van der Waals surface area contributed by atoms with Crippen molar-refractivity contribution in [3.8, 4) is 11.5 Å². The molecule has 0 aliphatic heterocycles. The van der Waals surface area contributed by atoms with E-state index in [1.807, 2.05) is 36.4 Å². The predicted molar refractivity (Wildman–Crippen MR) is 108 cm³/mol. The molecule has 0 unspecified atom stereocenters. The zero-order chi connectivity index (χ0) is 19.8. The Morgan fingerprint density at radius 3 is 2.29 bits per heavy atom. The van der Waals surface area contributed by atoms with Gasteiger partial charge in [0.1, 0.15) is 23.9 Å². The standard InChI is InChI=1S/C22H21FN2O3/c1-27-20-9-11-21(12-10-20)28-14-13-24-18-5-7-19(8-6-18)25-22(26)16-3-2-4-17(23)15-16/h2-12,15,24H,13-14H2,1H3,(H,25,26). The second-order valence-corrected chi connectivity index (χ2v) is 5.99. The molecule has 0 heterocycles. The van der Waals surface area contributed by atoms with Crippen LogP contribution < -0.4 is 20.1 Å². The number of benzene rings is 3. The maximum absolute atomic E-state index is 13.2. The Labute approximate surface area is 163 Å². The fraction of sp³-hybridized carbons (Fsp3) is 0.136. The van der Waals surface area contributed by atoms with E-state index in [0.29, 0.717) is 18.8 Å². The van der Waals surface area contributed by atoms with Gasteiger partial charge >= 0.3 is 0 Å². The molecule has 0 radical (unpaired) electrons. The molecule has 28 heavy (non-hydrogen) atoms. The molecule has 0 fully saturated rings. The van der Waals surface area contributed by atoms with Crippen LogP contribution in [-0.4, -0.2) is 26.2 Å². The predicted octanol–water partition coefficient (Wildman–Crippen LogP) is 4.58. The summed E-state index contributed by atoms with van der Waals surface area (Å²) in [6.45, 7) is 1.13. The maximum atomic E-state index is 13.2. The van der Waals surface area contributed by atoms with Crippen LogP contribution in [0, 0.1) is 5.82 Å². The number of amides is 1. The van der Waals surface area contributed by atoms with Crippen LogP contribution in [0.4, 0.5) is 15.8 Å². The Bertz CT molecular complexity index is 912. The molecule has 0 saturated carbocycles. The normalized spacial score (nSPS) is 10.2. The van der Waals surface area contributed by atoms with Crippen LogP contribution in [0.25, 0.3) is 0 Å². The molecule has 0 atom stereocenters. The highest BCUT2D eigenvalue weighted by molar-refractivity contribution is 6.04. The molecule has 3 rings (SSSR count). The van der Waals surface area contributed by atoms with Gasteiger partial charge in [-0.1, -0.05) is 6.07 Å². The molecule has 1 amide bonds. The highest BCUT2D eigenvalue weighted by atomic mass is 19.1. The molecule has 0 aliphatic rings. The molecular weight excluding hydrogens is 359 g/mol. The number of halogens is 1. The molecule has 2 N–H and O–H groups in total. The Balaban J connectivity index is 1.44. The fourth-order valence-corrected chi connectivity index (χ4v) is 2.54. The fourth-order valence-electron chi connectivity index (χ4n) is 2.54. The van der Waals surface area contributed by atoms with E-state index in [1.54, 1.807) is 25.3 Å². The number of carbonyl (C=O) groups excluding carboxylic acids is 1. The summed E-state index contributed by atoms with van der Waals surface area (Å²) in [7, 11) is 1.62. The van der Waals surface area contributed by atoms with E-state index in [1.165, 1.54) is 18.2 Å². The van der Waals surface area contributed by atoms with Crippen molar-refractivity contribution in [1.29, 1.82) is 0 Å². The number of methoxy groups -OCH3 is 1. The first kappa shape index (κ1) is 19.2. The first-order valence-electron chi connectivity index (χ1n) is 8.82. The van der Waals surface area contributed by atoms with Crippen LogP contribution in [0.15, 0.2) is 72.8 Å². The van der Waals surface area contributed by atoms with Crippen LogP contribution in [-0.2, 0) is 0 Å². The van der Waals surface area contributed by atoms with Gasteiger partial charge in [0.2, 0.25) is 0 Å². The lowest BCUT2D eigenvalue weighted by molar-refractivity contribution is 0.102. The molecule has 0 saturated heterocycles. The Morgan fingerprint density at radius 1 is 0.929 bits per heavy atom. The maximum Gasteiger partial charge on any atom is 0.255 e. The summed E-state index contributed by atoms with van der Waals surface area (Å²) in [5, 5.41) is 5.99. The van der Waals surface area contributed by atoms with Crippen molar-refractivity contribution in [2.24, 2.45) is 0 Å². The minimum absolute atomic E-state index is 0.276. The number of hydrogen-bond acceptors (Lipinski definition) is 4. The summed E-state index contributed by atoms with van der Waals surface area (Å²) >= 11 is 0. The minimum atomic E-state index is -0.441. The van der Waals surface area contributed by atoms with Gasteiger partial charge in [-0.3, -0.25) is 4.79 Å². The zero-order valence-corrected chi connectivity index (χ0v) is 15.4. The summed E-state index contributed by atoms with van der Waals surface area (Å²) < 4.78 is 24.0. The van der Waals surface area contributed by atoms with Crippen molar-refractivity contribution >= 4 is 17.3 Å². The molecule has 0 bridgehead atoms. The lowest BCUT2D eigenvalue weighted by Crippen LogP contribution is -2.13. The summed E-state index contributed by atoms with van der Waals surface area (Å²) in [6.07, 6.45) is 0. The molecule has 144 valence electrons. The van der Waals surface area contributed by atoms with Crippen LogP contribution in [0.3, 0.4) is 0 Å². The first-order chi connectivity index (χ1) is 13.6. The number of carbonyl (C=O) groups is 1. The van der Waals surface area contributed by atoms with Crippen molar-refractivity contribution < 1.29 is 18.7 Å². The van der Waals surface area contributed by atoms with Crippen LogP contribution in [0.2, 0.25) is 0 Å². The van der Waals surface area contributed by atoms with Crippen LogP contribution in [0.1, 0.15) is 10.4 Å². The highest BCUT2D eigenvalue weighted by Crippen LogP contribution is 2.17. The van der Waals surface area contributed by atoms with E-state index in [2.05, 4.69) is 10.6 Å². The van der Waals surface area contributed by atoms with E-state index in [9.17, 15) is 9.18 Å². The van der Waals surface area contributed by atoms with Gasteiger partial charge in [0.15, 0.2) is 0 Å². The Morgan fingerprint density at radius 2 is 1.61 bits per heavy atom. The molecule has 5 nitrogen and oxygen atoms in total. The largest absolute Gasteiger partial charge is 0.497 e. The number of rotatable bonds is 8. The van der Waals surface area contributed by atoms with Crippen molar-refractivity contribution in [3.05, 3.63) is 84.2 Å². The SMILES string of the molecule is COc1ccc(OCCNc2ccc(NC(=O)c3cccc(F)c3)cc2)cc1. The quantitative estimate of drug-likeness (QED) is 0.562. The summed E-state index contributed by atoms with van der Waals surface area (Å²) in [4.78, 5) is 12.1. The molecule has 0 aliphatic carbocycles. The van der Waals surface area contributed by atoms with Gasteiger partial charge in [-0.15, -0.1) is 0 Å². The average Bonchev–Trinajstić information content (AvgIpc) is 2.73. The second-order valence-electron chi connectivity index (χ2n) is 5.99. The highest BCUT2D eigenvalue weighted by Gasteiger charge is 2.06. The van der Waals surface area contributed by atoms with Crippen molar-refractivity contribution in [1.82, 2.24) is 0 Å². The van der Waals surface area contributed by atoms with E-state index in [4.69, 9.17) is 9.47 Å². The van der Waals surface area contributed by atoms with Crippen molar-refractivity contribution in [2.45, 2.75) is 0 Å². The van der Waals surface area contributed by atoms with Gasteiger partial charge in [-0.05, 0) is 66.7 Å². The number of nitrogens with one attached hydrogen (secondary N) is 2.